The van der Waals surface area contributed by atoms with Crippen LogP contribution in [0.1, 0.15) is 25.7 Å². The number of amides is 1. The Bertz CT molecular complexity index is 1730. The number of hydrogen-bond acceptors (Lipinski definition) is 8. The third-order valence-electron chi connectivity index (χ3n) is 7.73. The number of aliphatic hydroxyl groups is 1. The number of aromatic nitrogens is 6. The van der Waals surface area contributed by atoms with Crippen LogP contribution in [0.15, 0.2) is 35.6 Å². The number of aromatic amines is 1. The summed E-state index contributed by atoms with van der Waals surface area (Å²) in [6.45, 7) is 2.78. The minimum absolute atomic E-state index is 0.0133. The summed E-state index contributed by atoms with van der Waals surface area (Å²) in [5.74, 6) is -0.0710. The molecule has 1 aliphatic heterocycles. The van der Waals surface area contributed by atoms with E-state index in [2.05, 4.69) is 30.4 Å². The number of H-pyrrole nitrogens is 1. The van der Waals surface area contributed by atoms with Crippen LogP contribution in [-0.2, 0) is 11.3 Å². The molecular weight excluding hydrogens is 492 g/mol. The van der Waals surface area contributed by atoms with Crippen LogP contribution in [0.25, 0.3) is 37.2 Å². The highest BCUT2D eigenvalue weighted by molar-refractivity contribution is 7.21. The number of anilines is 1. The maximum absolute atomic E-state index is 13.1. The number of likely N-dealkylation sites (tertiary alicyclic amines) is 1. The molecule has 3 N–H and O–H groups in total. The van der Waals surface area contributed by atoms with Crippen LogP contribution in [-0.4, -0.2) is 71.5 Å². The van der Waals surface area contributed by atoms with E-state index in [-0.39, 0.29) is 18.1 Å². The zero-order chi connectivity index (χ0) is 25.1. The number of thiazole rings is 1. The molecule has 37 heavy (non-hydrogen) atoms. The first-order chi connectivity index (χ1) is 18.0. The van der Waals surface area contributed by atoms with Gasteiger partial charge in [0.15, 0.2) is 0 Å². The molecule has 0 atom stereocenters. The third kappa shape index (κ3) is 3.83. The van der Waals surface area contributed by atoms with Gasteiger partial charge in [0.1, 0.15) is 21.3 Å². The van der Waals surface area contributed by atoms with E-state index in [9.17, 15) is 9.59 Å². The zero-order valence-corrected chi connectivity index (χ0v) is 20.9. The normalized spacial score (nSPS) is 17.3. The van der Waals surface area contributed by atoms with E-state index in [0.29, 0.717) is 46.1 Å². The van der Waals surface area contributed by atoms with Gasteiger partial charge in [0.25, 0.3) is 5.56 Å². The Morgan fingerprint density at radius 2 is 2.11 bits per heavy atom. The fourth-order valence-electron chi connectivity index (χ4n) is 5.72. The second kappa shape index (κ2) is 8.47. The summed E-state index contributed by atoms with van der Waals surface area (Å²) in [4.78, 5) is 37.1. The minimum atomic E-state index is -0.255. The first kappa shape index (κ1) is 22.6. The van der Waals surface area contributed by atoms with Gasteiger partial charge in [0, 0.05) is 24.5 Å². The third-order valence-corrected chi connectivity index (χ3v) is 8.87. The monoisotopic (exact) mass is 518 g/mol. The van der Waals surface area contributed by atoms with Crippen molar-refractivity contribution in [1.82, 2.24) is 34.3 Å². The summed E-state index contributed by atoms with van der Waals surface area (Å²) in [5.41, 5.74) is 3.27. The molecule has 11 nitrogen and oxygen atoms in total. The quantitative estimate of drug-likeness (QED) is 0.314. The van der Waals surface area contributed by atoms with Gasteiger partial charge in [0.05, 0.1) is 48.2 Å². The maximum Gasteiger partial charge on any atom is 0.261 e. The highest BCUT2D eigenvalue weighted by atomic mass is 32.1. The molecule has 1 amide bonds. The molecule has 6 heterocycles. The number of nitrogens with zero attached hydrogens (tertiary/aromatic N) is 6. The van der Waals surface area contributed by atoms with Gasteiger partial charge in [-0.3, -0.25) is 24.2 Å². The van der Waals surface area contributed by atoms with Gasteiger partial charge in [-0.15, -0.1) is 11.3 Å². The molecule has 0 bridgehead atoms. The van der Waals surface area contributed by atoms with Crippen molar-refractivity contribution < 1.29 is 9.90 Å². The van der Waals surface area contributed by atoms with Crippen molar-refractivity contribution in [2.24, 2.45) is 5.41 Å². The van der Waals surface area contributed by atoms with E-state index in [1.165, 1.54) is 37.0 Å². The zero-order valence-electron chi connectivity index (χ0n) is 20.1. The second-order valence-corrected chi connectivity index (χ2v) is 11.3. The molecule has 1 spiro atoms. The number of hydrogen-bond donors (Lipinski definition) is 3. The molecule has 0 radical (unpaired) electrons. The molecule has 2 aliphatic rings. The van der Waals surface area contributed by atoms with E-state index in [1.54, 1.807) is 27.7 Å². The Morgan fingerprint density at radius 1 is 1.22 bits per heavy atom. The van der Waals surface area contributed by atoms with Crippen molar-refractivity contribution in [3.63, 3.8) is 0 Å². The second-order valence-electron chi connectivity index (χ2n) is 10.2. The van der Waals surface area contributed by atoms with Gasteiger partial charge in [-0.1, -0.05) is 6.42 Å². The van der Waals surface area contributed by atoms with Crippen LogP contribution in [0.4, 0.5) is 5.69 Å². The molecule has 7 rings (SSSR count). The van der Waals surface area contributed by atoms with Crippen LogP contribution < -0.4 is 10.9 Å². The number of nitrogens with one attached hydrogen (secondary N) is 2. The Kier molecular flexibility index (Phi) is 5.17. The van der Waals surface area contributed by atoms with Crippen LogP contribution in [0.2, 0.25) is 0 Å². The lowest BCUT2D eigenvalue weighted by Gasteiger charge is -2.38. The van der Waals surface area contributed by atoms with E-state index >= 15 is 0 Å². The standard InChI is InChI=1S/C25H26N8O3S/c34-7-6-32-11-15(9-27-32)18-12-33-24(37-18)20-22(30-33)21-17(29-23(20)36)8-16(10-26-21)28-19(35)13-31-5-4-25(14-31)2-1-3-25/h8-12,34H,1-7,13-14H2,(H,28,35)(H,29,36). The van der Waals surface area contributed by atoms with Crippen LogP contribution >= 0.6 is 11.3 Å². The molecule has 2 fully saturated rings. The Labute approximate surface area is 214 Å². The predicted octanol–water partition coefficient (Wildman–Crippen LogP) is 2.46. The smallest absolute Gasteiger partial charge is 0.261 e. The molecule has 0 aromatic carbocycles. The fraction of sp³-hybridized carbons (Fsp3) is 0.400. The molecule has 190 valence electrons. The molecule has 12 heteroatoms. The van der Waals surface area contributed by atoms with Gasteiger partial charge in [0.2, 0.25) is 5.91 Å². The van der Waals surface area contributed by atoms with Gasteiger partial charge in [-0.2, -0.15) is 10.2 Å². The average molecular weight is 519 g/mol. The number of aliphatic hydroxyl groups excluding tert-OH is 1. The van der Waals surface area contributed by atoms with Crippen molar-refractivity contribution in [1.29, 1.82) is 0 Å². The molecule has 0 unspecified atom stereocenters. The predicted molar refractivity (Wildman–Crippen MR) is 141 cm³/mol. The van der Waals surface area contributed by atoms with Crippen molar-refractivity contribution in [3.8, 4) is 10.4 Å². The van der Waals surface area contributed by atoms with Gasteiger partial charge >= 0.3 is 0 Å². The maximum atomic E-state index is 13.1. The van der Waals surface area contributed by atoms with E-state index < -0.39 is 0 Å². The average Bonchev–Trinajstić information content (AvgIpc) is 3.61. The summed E-state index contributed by atoms with van der Waals surface area (Å²) in [6.07, 6.45) is 12.1. The van der Waals surface area contributed by atoms with E-state index in [4.69, 9.17) is 5.11 Å². The highest BCUT2D eigenvalue weighted by Gasteiger charge is 2.42. The van der Waals surface area contributed by atoms with Crippen molar-refractivity contribution in [3.05, 3.63) is 41.2 Å². The largest absolute Gasteiger partial charge is 0.394 e. The van der Waals surface area contributed by atoms with Crippen molar-refractivity contribution >= 4 is 49.7 Å². The van der Waals surface area contributed by atoms with Crippen molar-refractivity contribution in [2.45, 2.75) is 32.2 Å². The highest BCUT2D eigenvalue weighted by Crippen LogP contribution is 2.47. The number of rotatable bonds is 6. The Hall–Kier alpha value is -3.61. The first-order valence-corrected chi connectivity index (χ1v) is 13.3. The van der Waals surface area contributed by atoms with Gasteiger partial charge < -0.3 is 15.4 Å². The molecule has 1 saturated carbocycles. The lowest BCUT2D eigenvalue weighted by molar-refractivity contribution is -0.117. The molecule has 5 aromatic rings. The fourth-order valence-corrected chi connectivity index (χ4v) is 6.78. The number of carbonyl (C=O) groups excluding carboxylic acids is 1. The number of fused-ring (bicyclic) bond motifs is 5. The summed E-state index contributed by atoms with van der Waals surface area (Å²) in [5, 5.41) is 21.5. The van der Waals surface area contributed by atoms with E-state index in [1.807, 2.05) is 12.4 Å². The first-order valence-electron chi connectivity index (χ1n) is 12.5. The molecule has 5 aromatic heterocycles. The van der Waals surface area contributed by atoms with E-state index in [0.717, 1.165) is 28.4 Å². The Morgan fingerprint density at radius 3 is 2.89 bits per heavy atom. The lowest BCUT2D eigenvalue weighted by atomic mass is 9.68. The van der Waals surface area contributed by atoms with Crippen molar-refractivity contribution in [2.75, 3.05) is 31.6 Å². The SMILES string of the molecule is O=C(CN1CCC2(CCC2)C1)Nc1cnc2c(c1)[nH]c(=O)c1c2nn2cc(-c3cnn(CCO)c3)sc12. The van der Waals surface area contributed by atoms with Gasteiger partial charge in [-0.05, 0) is 37.3 Å². The topological polar surface area (TPSA) is 133 Å². The number of carbonyl (C=O) groups is 1. The molecule has 1 saturated heterocycles. The Balaban J connectivity index is 1.15. The van der Waals surface area contributed by atoms with Crippen LogP contribution in [0, 0.1) is 5.41 Å². The summed E-state index contributed by atoms with van der Waals surface area (Å²) in [7, 11) is 0. The summed E-state index contributed by atoms with van der Waals surface area (Å²) >= 11 is 1.45. The summed E-state index contributed by atoms with van der Waals surface area (Å²) in [6, 6.07) is 1.74. The van der Waals surface area contributed by atoms with Crippen LogP contribution in [0.3, 0.4) is 0 Å². The lowest BCUT2D eigenvalue weighted by Crippen LogP contribution is -2.36. The molecular formula is C25H26N8O3S. The summed E-state index contributed by atoms with van der Waals surface area (Å²) < 4.78 is 3.37. The molecule has 1 aliphatic carbocycles. The number of pyridine rings is 2. The minimum Gasteiger partial charge on any atom is -0.394 e. The van der Waals surface area contributed by atoms with Gasteiger partial charge in [-0.25, -0.2) is 4.52 Å². The van der Waals surface area contributed by atoms with Crippen LogP contribution in [0.5, 0.6) is 0 Å².